The maximum atomic E-state index is 13.4. The zero-order valence-electron chi connectivity index (χ0n) is 20.4. The number of rotatable bonds is 9. The predicted octanol–water partition coefficient (Wildman–Crippen LogP) is 3.99. The first-order valence-corrected chi connectivity index (χ1v) is 12.0. The Labute approximate surface area is 232 Å². The molecule has 206 valence electrons. The minimum atomic E-state index is -0.811. The first-order chi connectivity index (χ1) is 19.0. The third-order valence-corrected chi connectivity index (χ3v) is 5.80. The average Bonchev–Trinajstić information content (AvgIpc) is 3.47. The van der Waals surface area contributed by atoms with Gasteiger partial charge in [0.25, 0.3) is 11.8 Å². The van der Waals surface area contributed by atoms with Crippen LogP contribution in [0, 0.1) is 15.9 Å². The molecule has 0 radical (unpaired) electrons. The highest BCUT2D eigenvalue weighted by Gasteiger charge is 2.35. The number of nitro groups is 1. The molecule has 1 saturated heterocycles. The van der Waals surface area contributed by atoms with Crippen LogP contribution in [0.5, 0.6) is 5.75 Å². The number of hydrogen-bond donors (Lipinski definition) is 2. The van der Waals surface area contributed by atoms with Crippen LogP contribution in [0.25, 0.3) is 6.08 Å². The number of carbonyl (C=O) groups is 4. The third-order valence-electron chi connectivity index (χ3n) is 5.34. The Morgan fingerprint density at radius 1 is 1.23 bits per heavy atom. The van der Waals surface area contributed by atoms with Crippen molar-refractivity contribution >= 4 is 57.2 Å². The second-order valence-electron chi connectivity index (χ2n) is 8.08. The van der Waals surface area contributed by atoms with Gasteiger partial charge < -0.3 is 24.5 Å². The van der Waals surface area contributed by atoms with Crippen LogP contribution in [0.4, 0.5) is 20.6 Å². The van der Waals surface area contributed by atoms with Gasteiger partial charge in [-0.25, -0.2) is 14.0 Å². The van der Waals surface area contributed by atoms with Gasteiger partial charge in [0.05, 0.1) is 18.6 Å². The molecule has 0 unspecified atom stereocenters. The number of nitrogens with one attached hydrogen (secondary N) is 2. The lowest BCUT2D eigenvalue weighted by molar-refractivity contribution is -0.385. The number of carbonyl (C=O) groups excluding carboxylic acids is 4. The van der Waals surface area contributed by atoms with E-state index in [0.29, 0.717) is 0 Å². The molecule has 4 amide bonds. The Morgan fingerprint density at radius 3 is 2.70 bits per heavy atom. The largest absolute Gasteiger partial charge is 0.476 e. The standard InChI is InChI=1S/C25H18BrFN4O9/c1-38-24(34)20-6-5-17(40-20)11-30-23(33)18(29-25(30)35)8-13-7-14(26)9-19(31(36)37)22(13)39-12-21(32)28-16-4-2-3-15(27)10-16/h2-10H,11-12H2,1H3,(H,28,32)(H,29,35)/b18-8-. The van der Waals surface area contributed by atoms with E-state index < -0.39 is 46.8 Å². The monoisotopic (exact) mass is 616 g/mol. The summed E-state index contributed by atoms with van der Waals surface area (Å²) in [5.41, 5.74) is -0.627. The molecule has 1 aromatic heterocycles. The molecule has 0 saturated carbocycles. The molecule has 4 rings (SSSR count). The van der Waals surface area contributed by atoms with Gasteiger partial charge in [-0.3, -0.25) is 24.6 Å². The highest BCUT2D eigenvalue weighted by molar-refractivity contribution is 9.10. The number of halogens is 2. The van der Waals surface area contributed by atoms with Crippen LogP contribution < -0.4 is 15.4 Å². The van der Waals surface area contributed by atoms with Crippen LogP contribution in [-0.4, -0.2) is 47.4 Å². The van der Waals surface area contributed by atoms with Gasteiger partial charge in [-0.15, -0.1) is 0 Å². The number of ether oxygens (including phenoxy) is 2. The summed E-state index contributed by atoms with van der Waals surface area (Å²) in [5, 5.41) is 16.5. The molecule has 2 N–H and O–H groups in total. The number of methoxy groups -OCH3 is 1. The van der Waals surface area contributed by atoms with Gasteiger partial charge in [-0.2, -0.15) is 0 Å². The maximum Gasteiger partial charge on any atom is 0.373 e. The molecular formula is C25H18BrFN4O9. The number of nitrogens with zero attached hydrogens (tertiary/aromatic N) is 2. The summed E-state index contributed by atoms with van der Waals surface area (Å²) in [5.74, 6) is -3.20. The zero-order chi connectivity index (χ0) is 29.0. The first kappa shape index (κ1) is 28.0. The maximum absolute atomic E-state index is 13.4. The van der Waals surface area contributed by atoms with Crippen LogP contribution >= 0.6 is 15.9 Å². The van der Waals surface area contributed by atoms with Gasteiger partial charge in [0.1, 0.15) is 17.3 Å². The van der Waals surface area contributed by atoms with Crippen LogP contribution in [0.1, 0.15) is 21.9 Å². The number of esters is 1. The Kier molecular flexibility index (Phi) is 8.23. The number of anilines is 1. The summed E-state index contributed by atoms with van der Waals surface area (Å²) >= 11 is 3.16. The van der Waals surface area contributed by atoms with Crippen LogP contribution in [0.3, 0.4) is 0 Å². The van der Waals surface area contributed by atoms with Crippen molar-refractivity contribution in [3.63, 3.8) is 0 Å². The molecule has 1 aliphatic rings. The highest BCUT2D eigenvalue weighted by Crippen LogP contribution is 2.36. The summed E-state index contributed by atoms with van der Waals surface area (Å²) in [6.07, 6.45) is 1.15. The second kappa shape index (κ2) is 11.8. The van der Waals surface area contributed by atoms with Gasteiger partial charge in [0, 0.05) is 21.8 Å². The lowest BCUT2D eigenvalue weighted by Crippen LogP contribution is -2.30. The number of nitro benzene ring substituents is 1. The van der Waals surface area contributed by atoms with E-state index >= 15 is 0 Å². The van der Waals surface area contributed by atoms with E-state index in [1.165, 1.54) is 43.5 Å². The van der Waals surface area contributed by atoms with E-state index in [2.05, 4.69) is 31.3 Å². The molecule has 2 aromatic carbocycles. The van der Waals surface area contributed by atoms with Gasteiger partial charge in [0.15, 0.2) is 6.61 Å². The topological polar surface area (TPSA) is 170 Å². The fourth-order valence-corrected chi connectivity index (χ4v) is 4.06. The predicted molar refractivity (Wildman–Crippen MR) is 138 cm³/mol. The molecule has 1 fully saturated rings. The number of imide groups is 1. The second-order valence-corrected chi connectivity index (χ2v) is 9.00. The number of hydrogen-bond acceptors (Lipinski definition) is 9. The SMILES string of the molecule is COC(=O)c1ccc(CN2C(=O)N/C(=C\c3cc(Br)cc([N+](=O)[O-])c3OCC(=O)Nc3cccc(F)c3)C2=O)o1. The van der Waals surface area contributed by atoms with Crippen LogP contribution in [0.15, 0.2) is 63.1 Å². The minimum Gasteiger partial charge on any atom is -0.476 e. The molecule has 0 bridgehead atoms. The van der Waals surface area contributed by atoms with Gasteiger partial charge in [-0.1, -0.05) is 22.0 Å². The lowest BCUT2D eigenvalue weighted by Gasteiger charge is -2.12. The number of benzene rings is 2. The van der Waals surface area contributed by atoms with Crippen molar-refractivity contribution in [3.8, 4) is 5.75 Å². The quantitative estimate of drug-likeness (QED) is 0.119. The Balaban J connectivity index is 1.57. The third kappa shape index (κ3) is 6.32. The van der Waals surface area contributed by atoms with Crippen molar-refractivity contribution < 1.29 is 42.4 Å². The van der Waals surface area contributed by atoms with E-state index in [9.17, 15) is 33.7 Å². The Bertz CT molecular complexity index is 1570. The van der Waals surface area contributed by atoms with E-state index in [4.69, 9.17) is 9.15 Å². The summed E-state index contributed by atoms with van der Waals surface area (Å²) in [6, 6.07) is 9.53. The molecule has 1 aliphatic heterocycles. The number of furan rings is 1. The molecule has 0 spiro atoms. The van der Waals surface area contributed by atoms with Crippen molar-refractivity contribution in [3.05, 3.63) is 91.7 Å². The summed E-state index contributed by atoms with van der Waals surface area (Å²) in [7, 11) is 1.17. The molecule has 40 heavy (non-hydrogen) atoms. The van der Waals surface area contributed by atoms with Crippen LogP contribution in [-0.2, 0) is 20.9 Å². The van der Waals surface area contributed by atoms with E-state index in [1.54, 1.807) is 0 Å². The number of amides is 4. The minimum absolute atomic E-state index is 0.00360. The first-order valence-electron chi connectivity index (χ1n) is 11.2. The molecular weight excluding hydrogens is 599 g/mol. The molecule has 15 heteroatoms. The van der Waals surface area contributed by atoms with Crippen molar-refractivity contribution in [2.75, 3.05) is 19.0 Å². The normalized spacial score (nSPS) is 13.8. The van der Waals surface area contributed by atoms with Gasteiger partial charge in [-0.05, 0) is 42.5 Å². The summed E-state index contributed by atoms with van der Waals surface area (Å²) < 4.78 is 29.0. The molecule has 2 heterocycles. The lowest BCUT2D eigenvalue weighted by atomic mass is 10.1. The number of urea groups is 1. The zero-order valence-corrected chi connectivity index (χ0v) is 22.0. The van der Waals surface area contributed by atoms with Crippen molar-refractivity contribution in [2.24, 2.45) is 0 Å². The Hall–Kier alpha value is -5.05. The Morgan fingerprint density at radius 2 is 2.00 bits per heavy atom. The van der Waals surface area contributed by atoms with Crippen molar-refractivity contribution in [2.45, 2.75) is 6.54 Å². The van der Waals surface area contributed by atoms with Crippen molar-refractivity contribution in [1.29, 1.82) is 0 Å². The van der Waals surface area contributed by atoms with Crippen molar-refractivity contribution in [1.82, 2.24) is 10.2 Å². The summed E-state index contributed by atoms with van der Waals surface area (Å²) in [4.78, 5) is 61.3. The highest BCUT2D eigenvalue weighted by atomic mass is 79.9. The molecule has 0 atom stereocenters. The van der Waals surface area contributed by atoms with E-state index in [1.807, 2.05) is 0 Å². The van der Waals surface area contributed by atoms with Gasteiger partial charge in [0.2, 0.25) is 11.5 Å². The van der Waals surface area contributed by atoms with Crippen LogP contribution in [0.2, 0.25) is 0 Å². The fraction of sp³-hybridized carbons (Fsp3) is 0.120. The molecule has 0 aliphatic carbocycles. The van der Waals surface area contributed by atoms with Gasteiger partial charge >= 0.3 is 17.7 Å². The molecule has 13 nitrogen and oxygen atoms in total. The smallest absolute Gasteiger partial charge is 0.373 e. The summed E-state index contributed by atoms with van der Waals surface area (Å²) in [6.45, 7) is -1.01. The fourth-order valence-electron chi connectivity index (χ4n) is 3.60. The molecule has 3 aromatic rings. The average molecular weight is 617 g/mol. The van der Waals surface area contributed by atoms with E-state index in [-0.39, 0.29) is 45.2 Å². The van der Waals surface area contributed by atoms with E-state index in [0.717, 1.165) is 23.1 Å².